The molecule has 0 radical (unpaired) electrons. The van der Waals surface area contributed by atoms with E-state index >= 15 is 0 Å². The summed E-state index contributed by atoms with van der Waals surface area (Å²) in [5, 5.41) is 28.0. The summed E-state index contributed by atoms with van der Waals surface area (Å²) in [4.78, 5) is 47.1. The third-order valence-electron chi connectivity index (χ3n) is 3.10. The van der Waals surface area contributed by atoms with Crippen LogP contribution in [0.2, 0.25) is 0 Å². The van der Waals surface area contributed by atoms with E-state index in [4.69, 9.17) is 10.2 Å². The van der Waals surface area contributed by atoms with Gasteiger partial charge in [0.1, 0.15) is 6.10 Å². The Balaban J connectivity index is 0.000000609. The van der Waals surface area contributed by atoms with Crippen LogP contribution in [0.1, 0.15) is 25.7 Å². The molecule has 0 aliphatic heterocycles. The third-order valence-corrected chi connectivity index (χ3v) is 3.10. The van der Waals surface area contributed by atoms with Gasteiger partial charge in [-0.05, 0) is 39.8 Å². The topological polar surface area (TPSA) is 159 Å². The molecule has 0 spiro atoms. The predicted molar refractivity (Wildman–Crippen MR) is 85.2 cm³/mol. The molecule has 0 aromatic heterocycles. The average molecular weight is 361 g/mol. The number of carboxylic acid groups (broad SMARTS) is 2. The molecule has 0 heterocycles. The van der Waals surface area contributed by atoms with Crippen molar-refractivity contribution in [1.82, 2.24) is 10.2 Å². The Bertz CT molecular complexity index is 482. The predicted octanol–water partition coefficient (Wildman–Crippen LogP) is -0.104. The van der Waals surface area contributed by atoms with Gasteiger partial charge in [-0.1, -0.05) is 0 Å². The molecule has 11 nitrogen and oxygen atoms in total. The molecule has 142 valence electrons. The minimum Gasteiger partial charge on any atom is -0.478 e. The second-order valence-corrected chi connectivity index (χ2v) is 5.62. The molecule has 0 saturated heterocycles. The van der Waals surface area contributed by atoms with Crippen molar-refractivity contribution in [1.29, 1.82) is 0 Å². The fraction of sp³-hybridized carbons (Fsp3) is 0.643. The SMILES string of the molecule is CN(C)CC(=O)NC1CCC(O[N+](=O)[O-])CC1.O=C(O)C=CC(=O)O. The van der Waals surface area contributed by atoms with Crippen molar-refractivity contribution in [3.63, 3.8) is 0 Å². The monoisotopic (exact) mass is 361 g/mol. The molecule has 1 saturated carbocycles. The van der Waals surface area contributed by atoms with Crippen LogP contribution < -0.4 is 5.32 Å². The van der Waals surface area contributed by atoms with Gasteiger partial charge in [0.05, 0.1) is 6.54 Å². The zero-order valence-electron chi connectivity index (χ0n) is 14.1. The second kappa shape index (κ2) is 11.8. The Hall–Kier alpha value is -2.69. The van der Waals surface area contributed by atoms with Crippen molar-refractivity contribution >= 4 is 17.8 Å². The van der Waals surface area contributed by atoms with Crippen LogP contribution in [0, 0.1) is 10.1 Å². The van der Waals surface area contributed by atoms with Gasteiger partial charge in [0.25, 0.3) is 5.09 Å². The highest BCUT2D eigenvalue weighted by atomic mass is 17.0. The molecule has 11 heteroatoms. The van der Waals surface area contributed by atoms with E-state index in [2.05, 4.69) is 10.2 Å². The van der Waals surface area contributed by atoms with Crippen molar-refractivity contribution in [2.24, 2.45) is 0 Å². The number of carboxylic acids is 2. The molecule has 1 rings (SSSR count). The zero-order valence-corrected chi connectivity index (χ0v) is 14.1. The maximum Gasteiger partial charge on any atom is 0.328 e. The molecule has 1 aliphatic carbocycles. The maximum atomic E-state index is 11.5. The first-order valence-corrected chi connectivity index (χ1v) is 7.49. The Kier molecular flexibility index (Phi) is 10.5. The van der Waals surface area contributed by atoms with Crippen molar-refractivity contribution in [2.45, 2.75) is 37.8 Å². The third kappa shape index (κ3) is 13.4. The molecule has 0 aromatic carbocycles. The van der Waals surface area contributed by atoms with Crippen LogP contribution in [-0.2, 0) is 19.2 Å². The molecule has 0 atom stereocenters. The molecular weight excluding hydrogens is 338 g/mol. The standard InChI is InChI=1S/C10H19N3O4.C4H4O4/c1-12(2)7-10(14)11-8-3-5-9(6-4-8)17-13(15)16;5-3(6)1-2-4(7)8/h8-9H,3-7H2,1-2H3,(H,11,14);1-2H,(H,5,6)(H,7,8). The van der Waals surface area contributed by atoms with Crippen LogP contribution in [0.4, 0.5) is 0 Å². The van der Waals surface area contributed by atoms with E-state index in [0.717, 1.165) is 12.8 Å². The highest BCUT2D eigenvalue weighted by Gasteiger charge is 2.24. The highest BCUT2D eigenvalue weighted by Crippen LogP contribution is 2.21. The lowest BCUT2D eigenvalue weighted by atomic mass is 9.93. The normalized spacial score (nSPS) is 19.6. The van der Waals surface area contributed by atoms with E-state index in [-0.39, 0.29) is 18.1 Å². The van der Waals surface area contributed by atoms with Gasteiger partial charge in [-0.25, -0.2) is 9.59 Å². The Morgan fingerprint density at radius 3 is 2.00 bits per heavy atom. The molecule has 25 heavy (non-hydrogen) atoms. The first-order chi connectivity index (χ1) is 11.6. The summed E-state index contributed by atoms with van der Waals surface area (Å²) in [6.07, 6.45) is 3.51. The summed E-state index contributed by atoms with van der Waals surface area (Å²) < 4.78 is 0. The molecule has 1 fully saturated rings. The van der Waals surface area contributed by atoms with Crippen LogP contribution in [-0.4, -0.2) is 70.8 Å². The number of nitrogens with zero attached hydrogens (tertiary/aromatic N) is 2. The van der Waals surface area contributed by atoms with Gasteiger partial charge < -0.3 is 25.3 Å². The Labute approximate surface area is 144 Å². The van der Waals surface area contributed by atoms with Gasteiger partial charge in [-0.2, -0.15) is 0 Å². The van der Waals surface area contributed by atoms with Gasteiger partial charge in [0.2, 0.25) is 5.91 Å². The average Bonchev–Trinajstić information content (AvgIpc) is 2.46. The lowest BCUT2D eigenvalue weighted by Crippen LogP contribution is -2.42. The lowest BCUT2D eigenvalue weighted by Gasteiger charge is -2.28. The van der Waals surface area contributed by atoms with Gasteiger partial charge in [-0.3, -0.25) is 4.79 Å². The van der Waals surface area contributed by atoms with Gasteiger partial charge in [0, 0.05) is 18.2 Å². The van der Waals surface area contributed by atoms with Gasteiger partial charge >= 0.3 is 11.9 Å². The number of nitrogens with one attached hydrogen (secondary N) is 1. The van der Waals surface area contributed by atoms with E-state index < -0.39 is 17.0 Å². The summed E-state index contributed by atoms with van der Waals surface area (Å²) >= 11 is 0. The number of hydrogen-bond acceptors (Lipinski definition) is 7. The summed E-state index contributed by atoms with van der Waals surface area (Å²) in [6, 6.07) is 0.119. The van der Waals surface area contributed by atoms with E-state index in [1.165, 1.54) is 0 Å². The molecule has 0 bridgehead atoms. The smallest absolute Gasteiger partial charge is 0.328 e. The number of rotatable bonds is 7. The molecular formula is C14H23N3O8. The van der Waals surface area contributed by atoms with E-state index in [1.807, 2.05) is 14.1 Å². The number of likely N-dealkylation sites (N-methyl/N-ethyl adjacent to an activating group) is 1. The molecule has 1 amide bonds. The Morgan fingerprint density at radius 2 is 1.64 bits per heavy atom. The largest absolute Gasteiger partial charge is 0.478 e. The summed E-state index contributed by atoms with van der Waals surface area (Å²) in [6.45, 7) is 0.366. The molecule has 3 N–H and O–H groups in total. The number of carbonyl (C=O) groups is 3. The molecule has 0 aromatic rings. The van der Waals surface area contributed by atoms with Crippen molar-refractivity contribution in [3.05, 3.63) is 22.3 Å². The first-order valence-electron chi connectivity index (χ1n) is 7.49. The van der Waals surface area contributed by atoms with Crippen LogP contribution in [0.5, 0.6) is 0 Å². The van der Waals surface area contributed by atoms with Crippen LogP contribution in [0.15, 0.2) is 12.2 Å². The van der Waals surface area contributed by atoms with E-state index in [1.54, 1.807) is 4.90 Å². The fourth-order valence-corrected chi connectivity index (χ4v) is 2.14. The van der Waals surface area contributed by atoms with E-state index in [0.29, 0.717) is 31.5 Å². The van der Waals surface area contributed by atoms with Crippen LogP contribution in [0.3, 0.4) is 0 Å². The number of carbonyl (C=O) groups excluding carboxylic acids is 1. The summed E-state index contributed by atoms with van der Waals surface area (Å²) in [7, 11) is 3.67. The Morgan fingerprint density at radius 1 is 1.16 bits per heavy atom. The molecule has 1 aliphatic rings. The highest BCUT2D eigenvalue weighted by molar-refractivity contribution is 5.89. The van der Waals surface area contributed by atoms with E-state index in [9.17, 15) is 24.5 Å². The van der Waals surface area contributed by atoms with Crippen molar-refractivity contribution in [3.8, 4) is 0 Å². The number of amides is 1. The number of hydrogen-bond donors (Lipinski definition) is 3. The number of aliphatic carboxylic acids is 2. The van der Waals surface area contributed by atoms with Crippen molar-refractivity contribution in [2.75, 3.05) is 20.6 Å². The van der Waals surface area contributed by atoms with Crippen molar-refractivity contribution < 1.29 is 34.5 Å². The van der Waals surface area contributed by atoms with Gasteiger partial charge in [-0.15, -0.1) is 10.1 Å². The zero-order chi connectivity index (χ0) is 19.4. The molecule has 0 unspecified atom stereocenters. The summed E-state index contributed by atoms with van der Waals surface area (Å²) in [5.74, 6) is -2.52. The minimum atomic E-state index is -1.26. The second-order valence-electron chi connectivity index (χ2n) is 5.62. The van der Waals surface area contributed by atoms with Crippen LogP contribution in [0.25, 0.3) is 0 Å². The first kappa shape index (κ1) is 22.3. The minimum absolute atomic E-state index is 0.00588. The lowest BCUT2D eigenvalue weighted by molar-refractivity contribution is -0.769. The van der Waals surface area contributed by atoms with Crippen LogP contribution >= 0.6 is 0 Å². The van der Waals surface area contributed by atoms with Gasteiger partial charge in [0.15, 0.2) is 0 Å². The maximum absolute atomic E-state index is 11.5. The quantitative estimate of drug-likeness (QED) is 0.319. The summed E-state index contributed by atoms with van der Waals surface area (Å²) in [5.41, 5.74) is 0. The fourth-order valence-electron chi connectivity index (χ4n) is 2.14.